The van der Waals surface area contributed by atoms with E-state index in [0.717, 1.165) is 5.69 Å². The largest absolute Gasteiger partial charge is 0.325 e. The van der Waals surface area contributed by atoms with Crippen molar-refractivity contribution < 1.29 is 9.59 Å². The second-order valence-electron chi connectivity index (χ2n) is 5.98. The summed E-state index contributed by atoms with van der Waals surface area (Å²) in [6, 6.07) is 6.79. The van der Waals surface area contributed by atoms with Crippen molar-refractivity contribution in [2.24, 2.45) is 0 Å². The Morgan fingerprint density at radius 3 is 2.48 bits per heavy atom. The third-order valence-electron chi connectivity index (χ3n) is 3.74. The van der Waals surface area contributed by atoms with Crippen LogP contribution in [0.5, 0.6) is 0 Å². The van der Waals surface area contributed by atoms with Crippen molar-refractivity contribution >= 4 is 34.8 Å². The molecule has 0 bridgehead atoms. The fraction of sp³-hybridized carbons (Fsp3) is 0.389. The van der Waals surface area contributed by atoms with Gasteiger partial charge in [0.05, 0.1) is 16.4 Å². The van der Waals surface area contributed by atoms with Crippen LogP contribution in [0.4, 0.5) is 11.4 Å². The van der Waals surface area contributed by atoms with Crippen LogP contribution in [0.1, 0.15) is 56.2 Å². The van der Waals surface area contributed by atoms with E-state index in [1.807, 2.05) is 20.8 Å². The van der Waals surface area contributed by atoms with E-state index in [4.69, 9.17) is 11.6 Å². The minimum atomic E-state index is -0.248. The number of hydrogen-bond acceptors (Lipinski definition) is 3. The molecule has 0 atom stereocenters. The first kappa shape index (κ1) is 19.0. The van der Waals surface area contributed by atoms with Crippen LogP contribution in [0.25, 0.3) is 0 Å². The van der Waals surface area contributed by atoms with Crippen molar-refractivity contribution in [1.29, 1.82) is 0 Å². The molecule has 7 heteroatoms. The van der Waals surface area contributed by atoms with Crippen molar-refractivity contribution in [1.82, 2.24) is 9.78 Å². The highest BCUT2D eigenvalue weighted by atomic mass is 35.5. The molecule has 2 amide bonds. The number of hydrogen-bond donors (Lipinski definition) is 2. The SMILES string of the molecule is CCC(=O)Nc1ccc(NC(=O)c2cc(C(C)C)nn2CC)cc1Cl. The van der Waals surface area contributed by atoms with Crippen LogP contribution in [0.2, 0.25) is 5.02 Å². The van der Waals surface area contributed by atoms with Gasteiger partial charge in [-0.05, 0) is 37.1 Å². The predicted molar refractivity (Wildman–Crippen MR) is 100 cm³/mol. The van der Waals surface area contributed by atoms with Crippen LogP contribution in [0.15, 0.2) is 24.3 Å². The van der Waals surface area contributed by atoms with E-state index in [2.05, 4.69) is 15.7 Å². The van der Waals surface area contributed by atoms with Crippen LogP contribution in [-0.4, -0.2) is 21.6 Å². The molecule has 0 aliphatic rings. The minimum absolute atomic E-state index is 0.119. The van der Waals surface area contributed by atoms with E-state index < -0.39 is 0 Å². The zero-order valence-electron chi connectivity index (χ0n) is 14.9. The second-order valence-corrected chi connectivity index (χ2v) is 6.38. The molecule has 1 aromatic heterocycles. The van der Waals surface area contributed by atoms with Gasteiger partial charge in [0.15, 0.2) is 0 Å². The first-order chi connectivity index (χ1) is 11.8. The number of carbonyl (C=O) groups is 2. The highest BCUT2D eigenvalue weighted by Gasteiger charge is 2.17. The van der Waals surface area contributed by atoms with Crippen LogP contribution < -0.4 is 10.6 Å². The summed E-state index contributed by atoms with van der Waals surface area (Å²) in [6.45, 7) is 8.38. The molecule has 2 rings (SSSR count). The van der Waals surface area contributed by atoms with Crippen LogP contribution in [-0.2, 0) is 11.3 Å². The Hall–Kier alpha value is -2.34. The highest BCUT2D eigenvalue weighted by Crippen LogP contribution is 2.26. The number of nitrogens with zero attached hydrogens (tertiary/aromatic N) is 2. The third-order valence-corrected chi connectivity index (χ3v) is 4.06. The van der Waals surface area contributed by atoms with Crippen molar-refractivity contribution in [2.75, 3.05) is 10.6 Å². The average Bonchev–Trinajstić information content (AvgIpc) is 3.02. The molecule has 1 aromatic carbocycles. The number of anilines is 2. The normalized spacial score (nSPS) is 10.8. The first-order valence-electron chi connectivity index (χ1n) is 8.34. The Labute approximate surface area is 152 Å². The minimum Gasteiger partial charge on any atom is -0.325 e. The van der Waals surface area contributed by atoms with Crippen molar-refractivity contribution in [3.8, 4) is 0 Å². The molecule has 0 radical (unpaired) electrons. The number of halogens is 1. The first-order valence-corrected chi connectivity index (χ1v) is 8.72. The zero-order chi connectivity index (χ0) is 18.6. The molecule has 0 saturated carbocycles. The molecule has 0 unspecified atom stereocenters. The Morgan fingerprint density at radius 1 is 1.20 bits per heavy atom. The van der Waals surface area contributed by atoms with Gasteiger partial charge in [0, 0.05) is 18.7 Å². The molecule has 0 saturated heterocycles. The van der Waals surface area contributed by atoms with Gasteiger partial charge in [-0.25, -0.2) is 0 Å². The molecule has 2 aromatic rings. The van der Waals surface area contributed by atoms with Crippen molar-refractivity contribution in [3.63, 3.8) is 0 Å². The smallest absolute Gasteiger partial charge is 0.273 e. The zero-order valence-corrected chi connectivity index (χ0v) is 15.6. The molecular weight excluding hydrogens is 340 g/mol. The molecule has 2 N–H and O–H groups in total. The quantitative estimate of drug-likeness (QED) is 0.805. The third kappa shape index (κ3) is 4.60. The van der Waals surface area contributed by atoms with Gasteiger partial charge in [-0.1, -0.05) is 32.4 Å². The summed E-state index contributed by atoms with van der Waals surface area (Å²) in [5.74, 6) is -0.121. The average molecular weight is 363 g/mol. The van der Waals surface area contributed by atoms with Gasteiger partial charge in [0.2, 0.25) is 5.91 Å². The summed E-state index contributed by atoms with van der Waals surface area (Å²) in [6.07, 6.45) is 0.369. The summed E-state index contributed by atoms with van der Waals surface area (Å²) < 4.78 is 1.68. The fourth-order valence-electron chi connectivity index (χ4n) is 2.27. The van der Waals surface area contributed by atoms with Gasteiger partial charge in [0.1, 0.15) is 5.69 Å². The Balaban J connectivity index is 2.18. The lowest BCUT2D eigenvalue weighted by atomic mass is 10.1. The summed E-state index contributed by atoms with van der Waals surface area (Å²) in [5, 5.41) is 10.3. The maximum absolute atomic E-state index is 12.6. The molecule has 1 heterocycles. The van der Waals surface area contributed by atoms with E-state index in [1.54, 1.807) is 35.9 Å². The van der Waals surface area contributed by atoms with E-state index in [-0.39, 0.29) is 17.7 Å². The lowest BCUT2D eigenvalue weighted by molar-refractivity contribution is -0.115. The van der Waals surface area contributed by atoms with E-state index in [0.29, 0.717) is 35.1 Å². The number of aromatic nitrogens is 2. The number of benzene rings is 1. The van der Waals surface area contributed by atoms with Gasteiger partial charge in [-0.2, -0.15) is 5.10 Å². The summed E-state index contributed by atoms with van der Waals surface area (Å²) in [5.41, 5.74) is 2.46. The fourth-order valence-corrected chi connectivity index (χ4v) is 2.50. The lowest BCUT2D eigenvalue weighted by Gasteiger charge is -2.10. The van der Waals surface area contributed by atoms with Gasteiger partial charge >= 0.3 is 0 Å². The molecule has 0 spiro atoms. The van der Waals surface area contributed by atoms with E-state index in [9.17, 15) is 9.59 Å². The van der Waals surface area contributed by atoms with Crippen molar-refractivity contribution in [2.45, 2.75) is 46.6 Å². The standard InChI is InChI=1S/C18H23ClN4O2/c1-5-17(24)21-14-8-7-12(9-13(14)19)20-18(25)16-10-15(11(3)4)22-23(16)6-2/h7-11H,5-6H2,1-4H3,(H,20,25)(H,21,24). The maximum Gasteiger partial charge on any atom is 0.273 e. The molecule has 0 aliphatic carbocycles. The number of aryl methyl sites for hydroxylation is 1. The topological polar surface area (TPSA) is 76.0 Å². The molecule has 0 fully saturated rings. The molecule has 6 nitrogen and oxygen atoms in total. The highest BCUT2D eigenvalue weighted by molar-refractivity contribution is 6.34. The number of nitrogens with one attached hydrogen (secondary N) is 2. The molecule has 134 valence electrons. The summed E-state index contributed by atoms with van der Waals surface area (Å²) in [4.78, 5) is 24.0. The Morgan fingerprint density at radius 2 is 1.92 bits per heavy atom. The monoisotopic (exact) mass is 362 g/mol. The second kappa shape index (κ2) is 8.16. The van der Waals surface area contributed by atoms with Crippen LogP contribution >= 0.6 is 11.6 Å². The van der Waals surface area contributed by atoms with Gasteiger partial charge < -0.3 is 10.6 Å². The Bertz CT molecular complexity index is 783. The summed E-state index contributed by atoms with van der Waals surface area (Å²) >= 11 is 6.18. The maximum atomic E-state index is 12.6. The number of rotatable bonds is 6. The van der Waals surface area contributed by atoms with Gasteiger partial charge in [0.25, 0.3) is 5.91 Å². The van der Waals surface area contributed by atoms with Gasteiger partial charge in [-0.15, -0.1) is 0 Å². The molecule has 0 aliphatic heterocycles. The molecular formula is C18H23ClN4O2. The number of carbonyl (C=O) groups excluding carboxylic acids is 2. The lowest BCUT2D eigenvalue weighted by Crippen LogP contribution is -2.17. The number of amides is 2. The molecule has 25 heavy (non-hydrogen) atoms. The van der Waals surface area contributed by atoms with E-state index in [1.165, 1.54) is 0 Å². The summed E-state index contributed by atoms with van der Waals surface area (Å²) in [7, 11) is 0. The Kier molecular flexibility index (Phi) is 6.20. The van der Waals surface area contributed by atoms with Gasteiger partial charge in [-0.3, -0.25) is 14.3 Å². The van der Waals surface area contributed by atoms with Crippen LogP contribution in [0.3, 0.4) is 0 Å². The van der Waals surface area contributed by atoms with Crippen molar-refractivity contribution in [3.05, 3.63) is 40.7 Å². The van der Waals surface area contributed by atoms with E-state index >= 15 is 0 Å². The van der Waals surface area contributed by atoms with Crippen LogP contribution in [0, 0.1) is 0 Å². The predicted octanol–water partition coefficient (Wildman–Crippen LogP) is 4.28.